The van der Waals surface area contributed by atoms with Gasteiger partial charge >= 0.3 is 0 Å². The number of ether oxygens (including phenoxy) is 2. The molecule has 98 valence electrons. The monoisotopic (exact) mass is 250 g/mol. The average molecular weight is 250 g/mol. The predicted octanol–water partition coefficient (Wildman–Crippen LogP) is 1.39. The molecule has 1 unspecified atom stereocenters. The van der Waals surface area contributed by atoms with Crippen molar-refractivity contribution >= 4 is 11.6 Å². The van der Waals surface area contributed by atoms with Crippen LogP contribution in [0.1, 0.15) is 13.8 Å². The molecule has 2 rings (SSSR count). The second-order valence-corrected chi connectivity index (χ2v) is 4.12. The minimum absolute atomic E-state index is 0.0209. The molecule has 1 aromatic rings. The number of benzene rings is 1. The van der Waals surface area contributed by atoms with E-state index in [0.29, 0.717) is 25.5 Å². The number of fused-ring (bicyclic) bond motifs is 1. The molecule has 1 amide bonds. The number of carbonyl (C=O) groups is 1. The van der Waals surface area contributed by atoms with Gasteiger partial charge in [-0.3, -0.25) is 4.79 Å². The van der Waals surface area contributed by atoms with Crippen molar-refractivity contribution in [2.45, 2.75) is 19.9 Å². The van der Waals surface area contributed by atoms with Crippen LogP contribution in [0.15, 0.2) is 18.2 Å². The number of carbonyl (C=O) groups excluding carboxylic acids is 1. The summed E-state index contributed by atoms with van der Waals surface area (Å²) in [5, 5.41) is 5.90. The molecule has 0 aliphatic carbocycles. The van der Waals surface area contributed by atoms with Crippen LogP contribution in [0.4, 0.5) is 5.69 Å². The van der Waals surface area contributed by atoms with Gasteiger partial charge < -0.3 is 20.1 Å². The van der Waals surface area contributed by atoms with Gasteiger partial charge in [0.2, 0.25) is 5.91 Å². The van der Waals surface area contributed by atoms with Crippen LogP contribution in [0.5, 0.6) is 11.5 Å². The Morgan fingerprint density at radius 1 is 1.33 bits per heavy atom. The topological polar surface area (TPSA) is 59.6 Å². The number of nitrogens with one attached hydrogen (secondary N) is 2. The van der Waals surface area contributed by atoms with Gasteiger partial charge in [0.1, 0.15) is 19.3 Å². The Morgan fingerprint density at radius 2 is 2.06 bits per heavy atom. The highest BCUT2D eigenvalue weighted by Crippen LogP contribution is 2.32. The molecule has 5 heteroatoms. The van der Waals surface area contributed by atoms with Gasteiger partial charge in [-0.05, 0) is 26.0 Å². The maximum Gasteiger partial charge on any atom is 0.242 e. The summed E-state index contributed by atoms with van der Waals surface area (Å²) in [6.45, 7) is 5.49. The Labute approximate surface area is 106 Å². The van der Waals surface area contributed by atoms with Crippen molar-refractivity contribution in [3.05, 3.63) is 18.2 Å². The molecule has 1 aliphatic heterocycles. The summed E-state index contributed by atoms with van der Waals surface area (Å²) in [6, 6.07) is 5.29. The van der Waals surface area contributed by atoms with E-state index in [1.807, 2.05) is 32.0 Å². The number of hydrogen-bond donors (Lipinski definition) is 2. The van der Waals surface area contributed by atoms with Crippen LogP contribution in [-0.4, -0.2) is 31.7 Å². The molecule has 5 nitrogen and oxygen atoms in total. The molecule has 0 radical (unpaired) electrons. The SMILES string of the molecule is CCNC(=O)C(C)Nc1ccc2c(c1)OCCO2. The fourth-order valence-electron chi connectivity index (χ4n) is 1.78. The standard InChI is InChI=1S/C13H18N2O3/c1-3-14-13(16)9(2)15-10-4-5-11-12(8-10)18-7-6-17-11/h4-5,8-9,15H,3,6-7H2,1-2H3,(H,14,16). The third kappa shape index (κ3) is 2.85. The minimum Gasteiger partial charge on any atom is -0.486 e. The molecule has 1 aromatic carbocycles. The van der Waals surface area contributed by atoms with Gasteiger partial charge in [-0.2, -0.15) is 0 Å². The zero-order valence-electron chi connectivity index (χ0n) is 10.7. The lowest BCUT2D eigenvalue weighted by atomic mass is 10.2. The first kappa shape index (κ1) is 12.5. The van der Waals surface area contributed by atoms with E-state index < -0.39 is 0 Å². The molecule has 1 aliphatic rings. The van der Waals surface area contributed by atoms with Crippen LogP contribution >= 0.6 is 0 Å². The van der Waals surface area contributed by atoms with Gasteiger partial charge in [-0.15, -0.1) is 0 Å². The summed E-state index contributed by atoms with van der Waals surface area (Å²) < 4.78 is 10.9. The fourth-order valence-corrected chi connectivity index (χ4v) is 1.78. The normalized spacial score (nSPS) is 14.8. The lowest BCUT2D eigenvalue weighted by molar-refractivity contribution is -0.121. The molecule has 1 heterocycles. The Bertz CT molecular complexity index is 434. The third-order valence-electron chi connectivity index (χ3n) is 2.67. The van der Waals surface area contributed by atoms with Gasteiger partial charge in [-0.1, -0.05) is 0 Å². The highest BCUT2D eigenvalue weighted by Gasteiger charge is 2.15. The third-order valence-corrected chi connectivity index (χ3v) is 2.67. The van der Waals surface area contributed by atoms with Gasteiger partial charge in [0.05, 0.1) is 0 Å². The van der Waals surface area contributed by atoms with E-state index >= 15 is 0 Å². The largest absolute Gasteiger partial charge is 0.486 e. The van der Waals surface area contributed by atoms with Crippen LogP contribution in [0.2, 0.25) is 0 Å². The van der Waals surface area contributed by atoms with Crippen LogP contribution in [0, 0.1) is 0 Å². The van der Waals surface area contributed by atoms with E-state index in [2.05, 4.69) is 10.6 Å². The van der Waals surface area contributed by atoms with Crippen molar-refractivity contribution in [1.82, 2.24) is 5.32 Å². The molecule has 0 saturated carbocycles. The van der Waals surface area contributed by atoms with E-state index in [4.69, 9.17) is 9.47 Å². The first-order chi connectivity index (χ1) is 8.70. The molecule has 0 bridgehead atoms. The molecule has 0 spiro atoms. The van der Waals surface area contributed by atoms with Crippen LogP contribution in [0.25, 0.3) is 0 Å². The second kappa shape index (κ2) is 5.62. The van der Waals surface area contributed by atoms with E-state index in [9.17, 15) is 4.79 Å². The first-order valence-corrected chi connectivity index (χ1v) is 6.14. The van der Waals surface area contributed by atoms with E-state index in [1.165, 1.54) is 0 Å². The highest BCUT2D eigenvalue weighted by atomic mass is 16.6. The molecule has 1 atom stereocenters. The predicted molar refractivity (Wildman–Crippen MR) is 69.2 cm³/mol. The van der Waals surface area contributed by atoms with Crippen LogP contribution < -0.4 is 20.1 Å². The number of likely N-dealkylation sites (N-methyl/N-ethyl adjacent to an activating group) is 1. The molecule has 18 heavy (non-hydrogen) atoms. The Morgan fingerprint density at radius 3 is 2.78 bits per heavy atom. The quantitative estimate of drug-likeness (QED) is 0.848. The Balaban J connectivity index is 2.03. The lowest BCUT2D eigenvalue weighted by Crippen LogP contribution is -2.37. The van der Waals surface area contributed by atoms with Gasteiger partial charge in [0.15, 0.2) is 11.5 Å². The molecule has 2 N–H and O–H groups in total. The average Bonchev–Trinajstić information content (AvgIpc) is 2.39. The summed E-state index contributed by atoms with van der Waals surface area (Å²) in [5.41, 5.74) is 0.845. The summed E-state index contributed by atoms with van der Waals surface area (Å²) in [7, 11) is 0. The van der Waals surface area contributed by atoms with Crippen molar-refractivity contribution in [3.8, 4) is 11.5 Å². The first-order valence-electron chi connectivity index (χ1n) is 6.14. The number of anilines is 1. The summed E-state index contributed by atoms with van der Waals surface area (Å²) >= 11 is 0. The van der Waals surface area contributed by atoms with E-state index in [0.717, 1.165) is 11.4 Å². The van der Waals surface area contributed by atoms with Crippen molar-refractivity contribution in [2.24, 2.45) is 0 Å². The lowest BCUT2D eigenvalue weighted by Gasteiger charge is -2.20. The van der Waals surface area contributed by atoms with Gasteiger partial charge in [0, 0.05) is 18.3 Å². The Kier molecular flexibility index (Phi) is 3.92. The van der Waals surface area contributed by atoms with Crippen LogP contribution in [0.3, 0.4) is 0 Å². The van der Waals surface area contributed by atoms with Gasteiger partial charge in [-0.25, -0.2) is 0 Å². The molecule has 0 fully saturated rings. The molecule has 0 saturated heterocycles. The fraction of sp³-hybridized carbons (Fsp3) is 0.462. The van der Waals surface area contributed by atoms with Crippen molar-refractivity contribution in [1.29, 1.82) is 0 Å². The summed E-state index contributed by atoms with van der Waals surface area (Å²) in [5.74, 6) is 1.44. The van der Waals surface area contributed by atoms with E-state index in [-0.39, 0.29) is 11.9 Å². The minimum atomic E-state index is -0.285. The second-order valence-electron chi connectivity index (χ2n) is 4.12. The maximum atomic E-state index is 11.6. The number of rotatable bonds is 4. The zero-order chi connectivity index (χ0) is 13.0. The van der Waals surface area contributed by atoms with Gasteiger partial charge in [0.25, 0.3) is 0 Å². The molecular formula is C13H18N2O3. The summed E-state index contributed by atoms with van der Waals surface area (Å²) in [6.07, 6.45) is 0. The van der Waals surface area contributed by atoms with Crippen molar-refractivity contribution in [3.63, 3.8) is 0 Å². The maximum absolute atomic E-state index is 11.6. The number of amides is 1. The summed E-state index contributed by atoms with van der Waals surface area (Å²) in [4.78, 5) is 11.6. The smallest absolute Gasteiger partial charge is 0.242 e. The number of hydrogen-bond acceptors (Lipinski definition) is 4. The molecular weight excluding hydrogens is 232 g/mol. The van der Waals surface area contributed by atoms with Crippen molar-refractivity contribution < 1.29 is 14.3 Å². The van der Waals surface area contributed by atoms with Crippen LogP contribution in [-0.2, 0) is 4.79 Å². The Hall–Kier alpha value is -1.91. The van der Waals surface area contributed by atoms with Crippen molar-refractivity contribution in [2.75, 3.05) is 25.1 Å². The zero-order valence-corrected chi connectivity index (χ0v) is 10.7. The molecule has 0 aromatic heterocycles. The van der Waals surface area contributed by atoms with E-state index in [1.54, 1.807) is 0 Å². The highest BCUT2D eigenvalue weighted by molar-refractivity contribution is 5.84.